The highest BCUT2D eigenvalue weighted by Crippen LogP contribution is 2.43. The van der Waals surface area contributed by atoms with Gasteiger partial charge in [0.1, 0.15) is 12.4 Å². The molecule has 0 atom stereocenters. The van der Waals surface area contributed by atoms with Crippen molar-refractivity contribution in [2.45, 2.75) is 32.8 Å². The summed E-state index contributed by atoms with van der Waals surface area (Å²) in [6, 6.07) is 34.6. The Kier molecular flexibility index (Phi) is 8.01. The highest BCUT2D eigenvalue weighted by atomic mass is 16.5. The molecule has 5 aromatic rings. The molecular formula is C37H31NO5. The van der Waals surface area contributed by atoms with Crippen LogP contribution in [0.5, 0.6) is 5.75 Å². The van der Waals surface area contributed by atoms with Gasteiger partial charge in [-0.25, -0.2) is 4.90 Å². The lowest BCUT2D eigenvalue weighted by atomic mass is 9.90. The van der Waals surface area contributed by atoms with Crippen molar-refractivity contribution in [1.82, 2.24) is 0 Å². The lowest BCUT2D eigenvalue weighted by molar-refractivity contribution is -0.142. The average molecular weight is 570 g/mol. The first-order chi connectivity index (χ1) is 21.0. The summed E-state index contributed by atoms with van der Waals surface area (Å²) >= 11 is 0. The topological polar surface area (TPSA) is 72.9 Å². The van der Waals surface area contributed by atoms with Crippen molar-refractivity contribution in [3.63, 3.8) is 0 Å². The van der Waals surface area contributed by atoms with E-state index in [1.807, 2.05) is 72.8 Å². The molecule has 1 aliphatic rings. The Morgan fingerprint density at radius 1 is 0.651 bits per heavy atom. The molecule has 6 nitrogen and oxygen atoms in total. The summed E-state index contributed by atoms with van der Waals surface area (Å²) in [5, 5.41) is 1.70. The van der Waals surface area contributed by atoms with Crippen LogP contribution in [0.25, 0.3) is 10.8 Å². The van der Waals surface area contributed by atoms with Gasteiger partial charge in [-0.3, -0.25) is 14.4 Å². The Bertz CT molecular complexity index is 1690. The number of fused-ring (bicyclic) bond motifs is 2. The molecular weight excluding hydrogens is 538 g/mol. The van der Waals surface area contributed by atoms with Crippen molar-refractivity contribution < 1.29 is 23.9 Å². The van der Waals surface area contributed by atoms with Crippen molar-refractivity contribution in [3.8, 4) is 5.75 Å². The van der Waals surface area contributed by atoms with Gasteiger partial charge in [0.25, 0.3) is 11.8 Å². The number of hydrogen-bond donors (Lipinski definition) is 0. The molecule has 0 bridgehead atoms. The number of aryl methyl sites for hydroxylation is 2. The van der Waals surface area contributed by atoms with Gasteiger partial charge in [-0.2, -0.15) is 0 Å². The molecule has 1 aliphatic heterocycles. The molecule has 0 aliphatic carbocycles. The van der Waals surface area contributed by atoms with Crippen molar-refractivity contribution in [3.05, 3.63) is 143 Å². The molecule has 6 heteroatoms. The molecule has 0 radical (unpaired) electrons. The number of ether oxygens (including phenoxy) is 2. The summed E-state index contributed by atoms with van der Waals surface area (Å²) in [7, 11) is 0. The van der Waals surface area contributed by atoms with Crippen LogP contribution in [0.1, 0.15) is 49.9 Å². The average Bonchev–Trinajstić information content (AvgIpc) is 3.29. The molecule has 1 heterocycles. The molecule has 5 aromatic carbocycles. The van der Waals surface area contributed by atoms with Crippen LogP contribution >= 0.6 is 0 Å². The number of nitrogens with zero attached hydrogens (tertiary/aromatic N) is 1. The molecule has 0 unspecified atom stereocenters. The third-order valence-corrected chi connectivity index (χ3v) is 7.69. The van der Waals surface area contributed by atoms with Gasteiger partial charge in [0.15, 0.2) is 0 Å². The SMILES string of the molecule is CCOC(=O)Cc1ccc(N2C(=O)c3c(c(OCc4ccccc4)c4ccccc4c3CCc3ccccc3)C2=O)cc1. The lowest BCUT2D eigenvalue weighted by Crippen LogP contribution is -2.29. The molecule has 2 amide bonds. The van der Waals surface area contributed by atoms with Crippen molar-refractivity contribution in [2.75, 3.05) is 11.5 Å². The number of benzene rings is 5. The Balaban J connectivity index is 1.44. The number of amides is 2. The first-order valence-electron chi connectivity index (χ1n) is 14.5. The first kappa shape index (κ1) is 27.9. The third kappa shape index (κ3) is 5.64. The Hall–Kier alpha value is -5.23. The summed E-state index contributed by atoms with van der Waals surface area (Å²) in [5.74, 6) is -0.715. The summed E-state index contributed by atoms with van der Waals surface area (Å²) in [5.41, 5.74) is 4.79. The third-order valence-electron chi connectivity index (χ3n) is 7.69. The van der Waals surface area contributed by atoms with Gasteiger partial charge in [-0.1, -0.05) is 97.1 Å². The maximum Gasteiger partial charge on any atom is 0.310 e. The zero-order chi connectivity index (χ0) is 29.8. The van der Waals surface area contributed by atoms with Gasteiger partial charge in [0.05, 0.1) is 29.8 Å². The Labute approximate surface area is 250 Å². The fourth-order valence-corrected chi connectivity index (χ4v) is 5.66. The second-order valence-electron chi connectivity index (χ2n) is 10.5. The van der Waals surface area contributed by atoms with Crippen LogP contribution in [0.15, 0.2) is 109 Å². The second-order valence-corrected chi connectivity index (χ2v) is 10.5. The fourth-order valence-electron chi connectivity index (χ4n) is 5.66. The predicted octanol–water partition coefficient (Wildman–Crippen LogP) is 7.11. The van der Waals surface area contributed by atoms with E-state index in [0.29, 0.717) is 42.0 Å². The minimum absolute atomic E-state index is 0.114. The van der Waals surface area contributed by atoms with E-state index in [4.69, 9.17) is 9.47 Å². The molecule has 43 heavy (non-hydrogen) atoms. The quantitative estimate of drug-likeness (QED) is 0.132. The minimum Gasteiger partial charge on any atom is -0.487 e. The largest absolute Gasteiger partial charge is 0.487 e. The summed E-state index contributed by atoms with van der Waals surface area (Å²) in [6.07, 6.45) is 1.41. The van der Waals surface area contributed by atoms with Crippen molar-refractivity contribution in [1.29, 1.82) is 0 Å². The summed E-state index contributed by atoms with van der Waals surface area (Å²) in [6.45, 7) is 2.32. The van der Waals surface area contributed by atoms with Crippen LogP contribution in [0, 0.1) is 0 Å². The van der Waals surface area contributed by atoms with Crippen molar-refractivity contribution in [2.24, 2.45) is 0 Å². The number of esters is 1. The molecule has 0 fully saturated rings. The number of hydrogen-bond acceptors (Lipinski definition) is 5. The van der Waals surface area contributed by atoms with Crippen LogP contribution in [-0.4, -0.2) is 24.4 Å². The zero-order valence-electron chi connectivity index (χ0n) is 23.9. The standard InChI is InChI=1S/C37H31NO5/c1-2-42-32(39)23-26-17-20-28(21-18-26)38-36(40)33-30(22-19-25-11-5-3-6-12-25)29-15-9-10-16-31(29)35(34(33)37(38)41)43-24-27-13-7-4-8-14-27/h3-18,20-21H,2,19,22-24H2,1H3. The van der Waals surface area contributed by atoms with Gasteiger partial charge in [0.2, 0.25) is 0 Å². The fraction of sp³-hybridized carbons (Fsp3) is 0.162. The van der Waals surface area contributed by atoms with Gasteiger partial charge in [0, 0.05) is 5.39 Å². The van der Waals surface area contributed by atoms with Gasteiger partial charge in [-0.15, -0.1) is 0 Å². The lowest BCUT2D eigenvalue weighted by Gasteiger charge is -2.17. The summed E-state index contributed by atoms with van der Waals surface area (Å²) < 4.78 is 11.5. The van der Waals surface area contributed by atoms with Crippen molar-refractivity contribution >= 4 is 34.2 Å². The van der Waals surface area contributed by atoms with E-state index in [0.717, 1.165) is 33.0 Å². The molecule has 6 rings (SSSR count). The second kappa shape index (κ2) is 12.3. The van der Waals surface area contributed by atoms with E-state index in [9.17, 15) is 14.4 Å². The van der Waals surface area contributed by atoms with Gasteiger partial charge in [-0.05, 0) is 59.5 Å². The number of carbonyl (C=O) groups is 3. The monoisotopic (exact) mass is 569 g/mol. The smallest absolute Gasteiger partial charge is 0.310 e. The maximum absolute atomic E-state index is 14.2. The molecule has 0 aromatic heterocycles. The molecule has 0 saturated carbocycles. The van der Waals surface area contributed by atoms with Gasteiger partial charge >= 0.3 is 5.97 Å². The van der Waals surface area contributed by atoms with Crippen LogP contribution in [0.4, 0.5) is 5.69 Å². The number of imide groups is 1. The highest BCUT2D eigenvalue weighted by molar-refractivity contribution is 6.37. The summed E-state index contributed by atoms with van der Waals surface area (Å²) in [4.78, 5) is 41.6. The Morgan fingerprint density at radius 2 is 1.26 bits per heavy atom. The van der Waals surface area contributed by atoms with E-state index >= 15 is 0 Å². The van der Waals surface area contributed by atoms with Crippen LogP contribution < -0.4 is 9.64 Å². The van der Waals surface area contributed by atoms with E-state index in [1.54, 1.807) is 31.2 Å². The highest BCUT2D eigenvalue weighted by Gasteiger charge is 2.42. The van der Waals surface area contributed by atoms with Crippen LogP contribution in [-0.2, 0) is 35.4 Å². The van der Waals surface area contributed by atoms with E-state index in [-0.39, 0.29) is 24.9 Å². The molecule has 0 N–H and O–H groups in total. The van der Waals surface area contributed by atoms with E-state index < -0.39 is 5.91 Å². The number of anilines is 1. The molecule has 0 saturated heterocycles. The number of carbonyl (C=O) groups excluding carboxylic acids is 3. The van der Waals surface area contributed by atoms with Gasteiger partial charge < -0.3 is 9.47 Å². The van der Waals surface area contributed by atoms with Crippen LogP contribution in [0.2, 0.25) is 0 Å². The maximum atomic E-state index is 14.2. The number of rotatable bonds is 10. The van der Waals surface area contributed by atoms with E-state index in [2.05, 4.69) is 12.1 Å². The molecule has 0 spiro atoms. The van der Waals surface area contributed by atoms with Crippen LogP contribution in [0.3, 0.4) is 0 Å². The molecule has 214 valence electrons. The Morgan fingerprint density at radius 3 is 1.93 bits per heavy atom. The minimum atomic E-state index is -0.423. The predicted molar refractivity (Wildman–Crippen MR) is 166 cm³/mol. The zero-order valence-corrected chi connectivity index (χ0v) is 23.9. The van der Waals surface area contributed by atoms with E-state index in [1.165, 1.54) is 4.90 Å². The normalized spacial score (nSPS) is 12.4. The first-order valence-corrected chi connectivity index (χ1v) is 14.5.